The van der Waals surface area contributed by atoms with E-state index in [2.05, 4.69) is 47.6 Å². The molecule has 0 radical (unpaired) electrons. The monoisotopic (exact) mass is 853 g/mol. The third-order valence-corrected chi connectivity index (χ3v) is 11.4. The topological polar surface area (TPSA) is 178 Å². The highest BCUT2D eigenvalue weighted by Crippen LogP contribution is 2.35. The maximum atomic E-state index is 13.7. The summed E-state index contributed by atoms with van der Waals surface area (Å²) in [4.78, 5) is 77.5. The second kappa shape index (κ2) is 20.1. The van der Waals surface area contributed by atoms with Crippen molar-refractivity contribution in [2.45, 2.75) is 57.4 Å². The molecule has 4 heterocycles. The third-order valence-electron chi connectivity index (χ3n) is 11.1. The first-order chi connectivity index (χ1) is 29.6. The maximum absolute atomic E-state index is 13.7. The number of imide groups is 2. The summed E-state index contributed by atoms with van der Waals surface area (Å²) in [6.07, 6.45) is 8.91. The summed E-state index contributed by atoms with van der Waals surface area (Å²) in [5, 5.41) is 12.1. The van der Waals surface area contributed by atoms with Crippen LogP contribution in [-0.2, 0) is 14.4 Å². The average Bonchev–Trinajstić information content (AvgIpc) is 3.51. The van der Waals surface area contributed by atoms with Gasteiger partial charge in [0.2, 0.25) is 17.7 Å². The zero-order chi connectivity index (χ0) is 42.9. The Balaban J connectivity index is 0.788. The highest BCUT2D eigenvalue weighted by atomic mass is 35.5. The smallest absolute Gasteiger partial charge is 0.264 e. The SMILES string of the molecule is C=CC(=O)Nc1cc2c(Nc3ccc(F)c(Cl)c3)ncnc2cc1OCCCN1CCN(CCCCCCCNc2cccc3c2C(=O)N(C2CCC(=O)NC2=O)C3=O)CC1. The summed E-state index contributed by atoms with van der Waals surface area (Å²) >= 11 is 5.97. The maximum Gasteiger partial charge on any atom is 0.264 e. The second-order valence-corrected chi connectivity index (χ2v) is 15.7. The van der Waals surface area contributed by atoms with E-state index < -0.39 is 35.5 Å². The minimum absolute atomic E-state index is 0.0219. The number of hydrogen-bond acceptors (Lipinski definition) is 12. The van der Waals surface area contributed by atoms with Gasteiger partial charge in [0.15, 0.2) is 0 Å². The van der Waals surface area contributed by atoms with Gasteiger partial charge < -0.3 is 30.5 Å². The van der Waals surface area contributed by atoms with Gasteiger partial charge in [-0.15, -0.1) is 0 Å². The van der Waals surface area contributed by atoms with E-state index in [4.69, 9.17) is 16.3 Å². The number of ether oxygens (including phenoxy) is 1. The molecule has 0 saturated carbocycles. The van der Waals surface area contributed by atoms with Crippen LogP contribution in [0.15, 0.2) is 67.5 Å². The van der Waals surface area contributed by atoms with Crippen LogP contribution >= 0.6 is 11.6 Å². The minimum Gasteiger partial charge on any atom is -0.491 e. The first kappa shape index (κ1) is 43.1. The molecule has 3 aromatic carbocycles. The Labute approximate surface area is 358 Å². The van der Waals surface area contributed by atoms with Crippen molar-refractivity contribution in [2.24, 2.45) is 0 Å². The molecule has 1 unspecified atom stereocenters. The average molecular weight is 854 g/mol. The van der Waals surface area contributed by atoms with Crippen LogP contribution in [-0.4, -0.2) is 113 Å². The van der Waals surface area contributed by atoms with Crippen molar-refractivity contribution in [3.8, 4) is 5.75 Å². The van der Waals surface area contributed by atoms with Gasteiger partial charge in [-0.25, -0.2) is 14.4 Å². The predicted molar refractivity (Wildman–Crippen MR) is 231 cm³/mol. The van der Waals surface area contributed by atoms with Crippen molar-refractivity contribution in [1.29, 1.82) is 0 Å². The molecule has 4 N–H and O–H groups in total. The van der Waals surface area contributed by atoms with Crippen LogP contribution in [0.25, 0.3) is 10.9 Å². The number of carbonyl (C=O) groups is 5. The highest BCUT2D eigenvalue weighted by molar-refractivity contribution is 6.31. The van der Waals surface area contributed by atoms with Gasteiger partial charge >= 0.3 is 0 Å². The van der Waals surface area contributed by atoms with E-state index in [-0.39, 0.29) is 34.9 Å². The van der Waals surface area contributed by atoms with Gasteiger partial charge in [-0.1, -0.05) is 43.5 Å². The molecular formula is C44H49ClFN9O6. The molecule has 0 aliphatic carbocycles. The molecule has 15 nitrogen and oxygen atoms in total. The molecule has 0 spiro atoms. The molecule has 7 rings (SSSR count). The second-order valence-electron chi connectivity index (χ2n) is 15.3. The molecule has 3 aliphatic heterocycles. The van der Waals surface area contributed by atoms with Crippen molar-refractivity contribution in [1.82, 2.24) is 30.0 Å². The fourth-order valence-electron chi connectivity index (χ4n) is 7.88. The fourth-order valence-corrected chi connectivity index (χ4v) is 8.06. The summed E-state index contributed by atoms with van der Waals surface area (Å²) in [6.45, 7) is 10.6. The largest absolute Gasteiger partial charge is 0.491 e. The molecule has 0 bridgehead atoms. The lowest BCUT2D eigenvalue weighted by atomic mass is 10.0. The number of piperidine rings is 1. The lowest BCUT2D eigenvalue weighted by molar-refractivity contribution is -0.136. The standard InChI is InChI=1S/C44H49ClFN9O6/c1-2-38(56)51-35-25-30-34(48-27-49-41(30)50-28-12-13-32(46)31(45)24-28)26-37(35)61-23-9-18-54-21-19-53(20-22-54)17-7-5-3-4-6-16-47-33-11-8-10-29-40(33)44(60)55(43(29)59)36-14-15-39(57)52-42(36)58/h2,8,10-13,24-27,36,47H,1,3-7,9,14-23H2,(H,51,56)(H,48,49,50)(H,52,57,58). The number of nitrogens with one attached hydrogen (secondary N) is 4. The molecule has 320 valence electrons. The summed E-state index contributed by atoms with van der Waals surface area (Å²) in [5.74, 6) is -2.01. The Bertz CT molecular complexity index is 2320. The Morgan fingerprint density at radius 1 is 0.918 bits per heavy atom. The Kier molecular flexibility index (Phi) is 14.2. The summed E-state index contributed by atoms with van der Waals surface area (Å²) < 4.78 is 19.9. The quantitative estimate of drug-likeness (QED) is 0.0482. The number of carbonyl (C=O) groups excluding carboxylic acids is 5. The molecule has 2 fully saturated rings. The van der Waals surface area contributed by atoms with Crippen molar-refractivity contribution < 1.29 is 33.1 Å². The van der Waals surface area contributed by atoms with Crippen LogP contribution in [0.4, 0.5) is 27.3 Å². The zero-order valence-electron chi connectivity index (χ0n) is 33.8. The van der Waals surface area contributed by atoms with Crippen LogP contribution < -0.4 is 26.0 Å². The molecule has 61 heavy (non-hydrogen) atoms. The zero-order valence-corrected chi connectivity index (χ0v) is 34.6. The number of fused-ring (bicyclic) bond motifs is 2. The number of hydrogen-bond donors (Lipinski definition) is 4. The number of unbranched alkanes of at least 4 members (excludes halogenated alkanes) is 4. The molecule has 17 heteroatoms. The van der Waals surface area contributed by atoms with E-state index in [9.17, 15) is 28.4 Å². The molecule has 5 amide bonds. The van der Waals surface area contributed by atoms with Gasteiger partial charge in [0.05, 0.1) is 34.0 Å². The number of piperazine rings is 1. The van der Waals surface area contributed by atoms with Gasteiger partial charge in [0, 0.05) is 68.5 Å². The predicted octanol–water partition coefficient (Wildman–Crippen LogP) is 6.14. The molecule has 1 atom stereocenters. The van der Waals surface area contributed by atoms with Crippen molar-refractivity contribution in [2.75, 3.05) is 68.4 Å². The van der Waals surface area contributed by atoms with Gasteiger partial charge in [-0.3, -0.25) is 34.2 Å². The van der Waals surface area contributed by atoms with Crippen LogP contribution in [0.2, 0.25) is 5.02 Å². The fraction of sp³-hybridized carbons (Fsp3) is 0.386. The number of anilines is 4. The van der Waals surface area contributed by atoms with Crippen LogP contribution in [0.1, 0.15) is 72.1 Å². The van der Waals surface area contributed by atoms with E-state index >= 15 is 0 Å². The van der Waals surface area contributed by atoms with Gasteiger partial charge in [-0.2, -0.15) is 0 Å². The molecule has 2 saturated heterocycles. The number of amides is 5. The molecule has 1 aromatic heterocycles. The summed E-state index contributed by atoms with van der Waals surface area (Å²) in [6, 6.07) is 11.9. The van der Waals surface area contributed by atoms with Gasteiger partial charge in [0.1, 0.15) is 29.8 Å². The Hall–Kier alpha value is -5.97. The van der Waals surface area contributed by atoms with Crippen molar-refractivity contribution >= 4 is 74.9 Å². The lowest BCUT2D eigenvalue weighted by Crippen LogP contribution is -2.54. The first-order valence-electron chi connectivity index (χ1n) is 20.7. The number of halogens is 2. The van der Waals surface area contributed by atoms with Crippen LogP contribution in [0.3, 0.4) is 0 Å². The normalized spacial score (nSPS) is 17.0. The number of aromatic nitrogens is 2. The lowest BCUT2D eigenvalue weighted by Gasteiger charge is -2.34. The minimum atomic E-state index is -0.985. The van der Waals surface area contributed by atoms with Crippen LogP contribution in [0, 0.1) is 5.82 Å². The summed E-state index contributed by atoms with van der Waals surface area (Å²) in [7, 11) is 0. The van der Waals surface area contributed by atoms with E-state index in [0.29, 0.717) is 52.7 Å². The van der Waals surface area contributed by atoms with Crippen LogP contribution in [0.5, 0.6) is 5.75 Å². The highest BCUT2D eigenvalue weighted by Gasteiger charge is 2.45. The number of nitrogens with zero attached hydrogens (tertiary/aromatic N) is 5. The van der Waals surface area contributed by atoms with Crippen molar-refractivity contribution in [3.63, 3.8) is 0 Å². The molecular weight excluding hydrogens is 805 g/mol. The summed E-state index contributed by atoms with van der Waals surface area (Å²) in [5.41, 5.74) is 2.73. The van der Waals surface area contributed by atoms with E-state index in [1.807, 2.05) is 0 Å². The van der Waals surface area contributed by atoms with E-state index in [1.54, 1.807) is 36.4 Å². The number of benzene rings is 3. The van der Waals surface area contributed by atoms with Crippen molar-refractivity contribution in [3.05, 3.63) is 89.5 Å². The van der Waals surface area contributed by atoms with Gasteiger partial charge in [-0.05, 0) is 74.7 Å². The Morgan fingerprint density at radius 2 is 1.67 bits per heavy atom. The van der Waals surface area contributed by atoms with Gasteiger partial charge in [0.25, 0.3) is 11.8 Å². The van der Waals surface area contributed by atoms with E-state index in [1.165, 1.54) is 24.5 Å². The molecule has 4 aromatic rings. The van der Waals surface area contributed by atoms with E-state index in [0.717, 1.165) is 82.7 Å². The number of rotatable bonds is 19. The first-order valence-corrected chi connectivity index (χ1v) is 21.1. The Morgan fingerprint density at radius 3 is 2.43 bits per heavy atom. The molecule has 3 aliphatic rings. The third kappa shape index (κ3) is 10.5.